The molecule has 1 atom stereocenters. The minimum atomic E-state index is -3.11. The fraction of sp³-hybridized carbons (Fsp3) is 0.238. The predicted octanol–water partition coefficient (Wildman–Crippen LogP) is 10.2. The van der Waals surface area contributed by atoms with Gasteiger partial charge in [-0.2, -0.15) is 0 Å². The van der Waals surface area contributed by atoms with Gasteiger partial charge in [0.05, 0.1) is 5.92 Å². The molecule has 0 aliphatic rings. The molecule has 0 heterocycles. The van der Waals surface area contributed by atoms with E-state index in [0.29, 0.717) is 18.4 Å². The molecule has 1 N–H and O–H groups in total. The average molecular weight is 708 g/mol. The van der Waals surface area contributed by atoms with Crippen LogP contribution in [-0.4, -0.2) is 24.3 Å². The van der Waals surface area contributed by atoms with E-state index in [1.54, 1.807) is 0 Å². The highest BCUT2D eigenvalue weighted by atomic mass is 35.5. The van der Waals surface area contributed by atoms with Crippen LogP contribution in [0.25, 0.3) is 22.3 Å². The maximum absolute atomic E-state index is 13.9. The second-order valence-corrected chi connectivity index (χ2v) is 14.1. The number of hydrogen-bond donors (Lipinski definition) is 1. The molecule has 0 spiro atoms. The zero-order chi connectivity index (χ0) is 36.4. The molecule has 5 aromatic rings. The zero-order valence-corrected chi connectivity index (χ0v) is 30.6. The molecular formula is C42H42ClNO5S. The first-order valence-electron chi connectivity index (χ1n) is 16.5. The van der Waals surface area contributed by atoms with Gasteiger partial charge in [0.2, 0.25) is 5.91 Å². The summed E-state index contributed by atoms with van der Waals surface area (Å²) in [5.74, 6) is -0.358. The van der Waals surface area contributed by atoms with E-state index in [1.165, 1.54) is 5.56 Å². The summed E-state index contributed by atoms with van der Waals surface area (Å²) in [5, 5.41) is 3.90. The molecule has 0 radical (unpaired) electrons. The van der Waals surface area contributed by atoms with E-state index in [4.69, 9.17) is 24.2 Å². The van der Waals surface area contributed by atoms with E-state index in [9.17, 15) is 9.59 Å². The van der Waals surface area contributed by atoms with Crippen molar-refractivity contribution >= 4 is 39.6 Å². The molecule has 0 unspecified atom stereocenters. The second kappa shape index (κ2) is 17.2. The summed E-state index contributed by atoms with van der Waals surface area (Å²) in [5.41, 5.74) is 10.2. The Balaban J connectivity index is 0.00000133. The van der Waals surface area contributed by atoms with Crippen molar-refractivity contribution in [2.24, 2.45) is 0 Å². The van der Waals surface area contributed by atoms with Gasteiger partial charge >= 0.3 is 10.6 Å². The van der Waals surface area contributed by atoms with Crippen molar-refractivity contribution in [3.05, 3.63) is 148 Å². The number of ketones is 1. The van der Waals surface area contributed by atoms with Crippen molar-refractivity contribution in [3.8, 4) is 22.3 Å². The topological polar surface area (TPSA) is 97.4 Å². The highest BCUT2D eigenvalue weighted by Gasteiger charge is 2.22. The predicted molar refractivity (Wildman–Crippen MR) is 203 cm³/mol. The molecule has 50 heavy (non-hydrogen) atoms. The average Bonchev–Trinajstić information content (AvgIpc) is 3.08. The van der Waals surface area contributed by atoms with Gasteiger partial charge in [-0.3, -0.25) is 9.59 Å². The van der Waals surface area contributed by atoms with E-state index in [0.717, 1.165) is 56.1 Å². The molecule has 0 aliphatic carbocycles. The third-order valence-electron chi connectivity index (χ3n) is 8.55. The lowest BCUT2D eigenvalue weighted by atomic mass is 9.86. The molecule has 0 saturated heterocycles. The number of halogens is 1. The second-order valence-electron chi connectivity index (χ2n) is 13.3. The number of carbonyl (C=O) groups excluding carboxylic acids is 2. The van der Waals surface area contributed by atoms with Gasteiger partial charge < -0.3 is 5.32 Å². The van der Waals surface area contributed by atoms with Crippen molar-refractivity contribution in [2.75, 3.05) is 5.32 Å². The highest BCUT2D eigenvalue weighted by Crippen LogP contribution is 2.30. The Morgan fingerprint density at radius 2 is 1.22 bits per heavy atom. The summed E-state index contributed by atoms with van der Waals surface area (Å²) in [4.78, 5) is 26.3. The SMILES string of the molecule is CCCC(=O)c1ccc(C[C@@H](C(=O)Nc2ccc(-c3ccc(Cl)c(C)c3)cc2)c2ccc(-c3ccc(C(C)(C)C)cc3)cc2)cc1.O=S(=O)=O. The number of rotatable bonds is 10. The van der Waals surface area contributed by atoms with Crippen molar-refractivity contribution in [1.29, 1.82) is 0 Å². The van der Waals surface area contributed by atoms with Crippen LogP contribution in [0.1, 0.15) is 79.1 Å². The number of nitrogens with one attached hydrogen (secondary N) is 1. The minimum Gasteiger partial charge on any atom is -0.326 e. The lowest BCUT2D eigenvalue weighted by molar-refractivity contribution is -0.117. The van der Waals surface area contributed by atoms with Crippen molar-refractivity contribution in [3.63, 3.8) is 0 Å². The first kappa shape index (κ1) is 38.0. The smallest absolute Gasteiger partial charge is 0.326 e. The van der Waals surface area contributed by atoms with Crippen molar-refractivity contribution in [2.45, 2.75) is 65.2 Å². The Labute approximate surface area is 301 Å². The number of aryl methyl sites for hydroxylation is 1. The minimum absolute atomic E-state index is 0.0801. The molecule has 0 aromatic heterocycles. The first-order chi connectivity index (χ1) is 23.7. The van der Waals surface area contributed by atoms with Crippen LogP contribution in [0, 0.1) is 6.92 Å². The summed E-state index contributed by atoms with van der Waals surface area (Å²) >= 11 is 6.22. The van der Waals surface area contributed by atoms with Gasteiger partial charge in [-0.25, -0.2) is 0 Å². The van der Waals surface area contributed by atoms with Gasteiger partial charge in [0.1, 0.15) is 0 Å². The molecular weight excluding hydrogens is 666 g/mol. The molecule has 258 valence electrons. The van der Waals surface area contributed by atoms with Gasteiger partial charge in [0.15, 0.2) is 5.78 Å². The monoisotopic (exact) mass is 707 g/mol. The molecule has 1 amide bonds. The maximum atomic E-state index is 13.9. The Morgan fingerprint density at radius 3 is 1.74 bits per heavy atom. The van der Waals surface area contributed by atoms with Crippen LogP contribution in [0.5, 0.6) is 0 Å². The number of carbonyl (C=O) groups is 2. The number of Topliss-reactive ketones (excluding diaryl/α,β-unsaturated/α-hetero) is 1. The number of hydrogen-bond acceptors (Lipinski definition) is 5. The third kappa shape index (κ3) is 10.6. The summed E-state index contributed by atoms with van der Waals surface area (Å²) in [6, 6.07) is 38.6. The molecule has 5 rings (SSSR count). The zero-order valence-electron chi connectivity index (χ0n) is 29.0. The summed E-state index contributed by atoms with van der Waals surface area (Å²) in [6.07, 6.45) is 1.86. The number of amides is 1. The van der Waals surface area contributed by atoms with Crippen LogP contribution in [0.4, 0.5) is 5.69 Å². The van der Waals surface area contributed by atoms with Crippen LogP contribution >= 0.6 is 11.6 Å². The third-order valence-corrected chi connectivity index (χ3v) is 8.97. The maximum Gasteiger partial charge on any atom is 0.425 e. The van der Waals surface area contributed by atoms with E-state index < -0.39 is 16.5 Å². The molecule has 5 aromatic carbocycles. The lowest BCUT2D eigenvalue weighted by Crippen LogP contribution is -2.23. The van der Waals surface area contributed by atoms with Crippen LogP contribution < -0.4 is 5.32 Å². The Kier molecular flexibility index (Phi) is 13.1. The normalized spacial score (nSPS) is 11.6. The van der Waals surface area contributed by atoms with Crippen LogP contribution in [-0.2, 0) is 27.2 Å². The van der Waals surface area contributed by atoms with E-state index in [-0.39, 0.29) is 17.1 Å². The summed E-state index contributed by atoms with van der Waals surface area (Å²) in [6.45, 7) is 10.6. The molecule has 0 aliphatic heterocycles. The first-order valence-corrected chi connectivity index (χ1v) is 17.9. The molecule has 8 heteroatoms. The fourth-order valence-corrected chi connectivity index (χ4v) is 5.78. The van der Waals surface area contributed by atoms with Crippen LogP contribution in [0.15, 0.2) is 115 Å². The van der Waals surface area contributed by atoms with Crippen LogP contribution in [0.3, 0.4) is 0 Å². The highest BCUT2D eigenvalue weighted by molar-refractivity contribution is 7.59. The summed E-state index contributed by atoms with van der Waals surface area (Å²) in [7, 11) is -3.11. The largest absolute Gasteiger partial charge is 0.425 e. The van der Waals surface area contributed by atoms with E-state index in [1.807, 2.05) is 74.5 Å². The van der Waals surface area contributed by atoms with Gasteiger partial charge in [-0.05, 0) is 94.0 Å². The fourth-order valence-electron chi connectivity index (χ4n) is 5.67. The van der Waals surface area contributed by atoms with E-state index in [2.05, 4.69) is 80.7 Å². The Hall–Kier alpha value is -4.85. The van der Waals surface area contributed by atoms with Crippen molar-refractivity contribution in [1.82, 2.24) is 0 Å². The number of anilines is 1. The number of benzene rings is 5. The van der Waals surface area contributed by atoms with Gasteiger partial charge in [0, 0.05) is 22.7 Å². The summed E-state index contributed by atoms with van der Waals surface area (Å²) < 4.78 is 25.3. The van der Waals surface area contributed by atoms with Gasteiger partial charge in [0.25, 0.3) is 0 Å². The molecule has 6 nitrogen and oxygen atoms in total. The quantitative estimate of drug-likeness (QED) is 0.146. The molecule has 0 fully saturated rings. The van der Waals surface area contributed by atoms with Gasteiger partial charge in [-0.1, -0.05) is 130 Å². The Morgan fingerprint density at radius 1 is 0.720 bits per heavy atom. The lowest BCUT2D eigenvalue weighted by Gasteiger charge is -2.20. The molecule has 0 saturated carbocycles. The van der Waals surface area contributed by atoms with Crippen LogP contribution in [0.2, 0.25) is 5.02 Å². The Bertz CT molecular complexity index is 2030. The van der Waals surface area contributed by atoms with Gasteiger partial charge in [-0.15, -0.1) is 12.6 Å². The molecule has 0 bridgehead atoms. The van der Waals surface area contributed by atoms with Crippen molar-refractivity contribution < 1.29 is 22.2 Å². The standard InChI is InChI=1S/C42H42ClNO2.O3S/c1-6-7-40(45)34-10-8-29(9-11-34)27-38(33-14-12-30(13-15-33)31-16-21-36(22-17-31)42(3,4)5)41(46)44-37-23-18-32(19-24-37)35-20-25-39(43)28(2)26-35;1-4(2)3/h8-26,38H,6-7,27H2,1-5H3,(H,44,46);/t38-;/m1./s1. The van der Waals surface area contributed by atoms with E-state index >= 15 is 0 Å².